The fourth-order valence-corrected chi connectivity index (χ4v) is 3.85. The maximum Gasteiger partial charge on any atom is 0.246 e. The molecule has 0 saturated heterocycles. The van der Waals surface area contributed by atoms with Crippen LogP contribution >= 0.6 is 11.6 Å². The summed E-state index contributed by atoms with van der Waals surface area (Å²) >= 11 is 5.77. The molecule has 1 aromatic heterocycles. The van der Waals surface area contributed by atoms with Gasteiger partial charge in [0.05, 0.1) is 17.3 Å². The molecule has 0 aliphatic rings. The van der Waals surface area contributed by atoms with Crippen LogP contribution in [-0.4, -0.2) is 30.0 Å². The predicted molar refractivity (Wildman–Crippen MR) is 82.7 cm³/mol. The summed E-state index contributed by atoms with van der Waals surface area (Å²) in [5.41, 5.74) is 2.92. The molecule has 1 aromatic carbocycles. The van der Waals surface area contributed by atoms with Crippen molar-refractivity contribution >= 4 is 21.6 Å². The number of hydrogen-bond donors (Lipinski definition) is 1. The summed E-state index contributed by atoms with van der Waals surface area (Å²) in [6.45, 7) is 3.97. The highest BCUT2D eigenvalue weighted by atomic mass is 35.5. The summed E-state index contributed by atoms with van der Waals surface area (Å²) in [6.07, 6.45) is 0. The molecule has 0 aliphatic carbocycles. The molecule has 0 aliphatic heterocycles. The number of nitrogens with one attached hydrogen (secondary N) is 1. The van der Waals surface area contributed by atoms with E-state index in [1.807, 2.05) is 31.2 Å². The maximum atomic E-state index is 12.7. The lowest BCUT2D eigenvalue weighted by Crippen LogP contribution is -2.27. The zero-order valence-corrected chi connectivity index (χ0v) is 13.8. The molecule has 0 unspecified atom stereocenters. The average molecular weight is 328 g/mol. The van der Waals surface area contributed by atoms with Crippen molar-refractivity contribution in [2.45, 2.75) is 31.2 Å². The zero-order chi connectivity index (χ0) is 15.6. The molecule has 7 heteroatoms. The van der Waals surface area contributed by atoms with Gasteiger partial charge in [-0.15, -0.1) is 11.6 Å². The molecule has 2 rings (SSSR count). The average Bonchev–Trinajstić information content (AvgIpc) is 2.83. The van der Waals surface area contributed by atoms with Crippen molar-refractivity contribution in [3.8, 4) is 0 Å². The maximum absolute atomic E-state index is 12.7. The van der Waals surface area contributed by atoms with Crippen molar-refractivity contribution in [1.29, 1.82) is 0 Å². The molecule has 0 spiro atoms. The van der Waals surface area contributed by atoms with Crippen LogP contribution in [-0.2, 0) is 22.4 Å². The molecule has 0 fully saturated rings. The van der Waals surface area contributed by atoms with Crippen LogP contribution in [0.1, 0.15) is 22.5 Å². The Labute approximate surface area is 130 Å². The molecule has 5 nitrogen and oxygen atoms in total. The van der Waals surface area contributed by atoms with Gasteiger partial charge in [0, 0.05) is 13.6 Å². The highest BCUT2D eigenvalue weighted by Crippen LogP contribution is 2.23. The van der Waals surface area contributed by atoms with Gasteiger partial charge in [-0.25, -0.2) is 8.42 Å². The van der Waals surface area contributed by atoms with Crippen molar-refractivity contribution in [3.63, 3.8) is 0 Å². The number of rotatable bonds is 5. The van der Waals surface area contributed by atoms with E-state index in [1.165, 1.54) is 4.31 Å². The fraction of sp³-hybridized carbons (Fsp3) is 0.357. The van der Waals surface area contributed by atoms with Gasteiger partial charge in [0.2, 0.25) is 10.0 Å². The van der Waals surface area contributed by atoms with Gasteiger partial charge < -0.3 is 0 Å². The lowest BCUT2D eigenvalue weighted by Gasteiger charge is -2.17. The van der Waals surface area contributed by atoms with E-state index in [0.717, 1.165) is 11.1 Å². The summed E-state index contributed by atoms with van der Waals surface area (Å²) in [7, 11) is -2.07. The number of aryl methyl sites for hydroxylation is 2. The Kier molecular flexibility index (Phi) is 4.70. The Morgan fingerprint density at radius 1 is 1.24 bits per heavy atom. The molecule has 114 valence electrons. The lowest BCUT2D eigenvalue weighted by atomic mass is 10.1. The Balaban J connectivity index is 2.30. The van der Waals surface area contributed by atoms with Gasteiger partial charge in [-0.1, -0.05) is 29.8 Å². The Morgan fingerprint density at radius 3 is 2.43 bits per heavy atom. The van der Waals surface area contributed by atoms with Gasteiger partial charge >= 0.3 is 0 Å². The van der Waals surface area contributed by atoms with Crippen LogP contribution in [0, 0.1) is 13.8 Å². The number of H-pyrrole nitrogens is 1. The van der Waals surface area contributed by atoms with Gasteiger partial charge in [-0.3, -0.25) is 5.10 Å². The standard InChI is InChI=1S/C14H18ClN3O2S/c1-10-4-6-12(7-5-10)9-18(3)21(19,20)14-11(2)16-17-13(14)8-15/h4-7H,8-9H2,1-3H3,(H,16,17). The normalized spacial score (nSPS) is 12.0. The highest BCUT2D eigenvalue weighted by molar-refractivity contribution is 7.89. The number of aromatic amines is 1. The van der Waals surface area contributed by atoms with E-state index < -0.39 is 10.0 Å². The molecule has 0 amide bonds. The van der Waals surface area contributed by atoms with Crippen LogP contribution in [0.4, 0.5) is 0 Å². The third kappa shape index (κ3) is 3.28. The SMILES string of the molecule is Cc1ccc(CN(C)S(=O)(=O)c2c(CCl)n[nH]c2C)cc1. The molecule has 1 N–H and O–H groups in total. The summed E-state index contributed by atoms with van der Waals surface area (Å²) < 4.78 is 26.7. The number of sulfonamides is 1. The van der Waals surface area contributed by atoms with Gasteiger partial charge in [0.25, 0.3) is 0 Å². The molecule has 0 atom stereocenters. The number of alkyl halides is 1. The van der Waals surface area contributed by atoms with Crippen molar-refractivity contribution in [3.05, 3.63) is 46.8 Å². The first-order chi connectivity index (χ1) is 9.86. The molecule has 0 saturated carbocycles. The quantitative estimate of drug-likeness (QED) is 0.858. The second kappa shape index (κ2) is 6.17. The third-order valence-electron chi connectivity index (χ3n) is 3.28. The van der Waals surface area contributed by atoms with E-state index in [-0.39, 0.29) is 10.8 Å². The van der Waals surface area contributed by atoms with E-state index in [4.69, 9.17) is 11.6 Å². The second-order valence-electron chi connectivity index (χ2n) is 5.00. The third-order valence-corrected chi connectivity index (χ3v) is 5.54. The second-order valence-corrected chi connectivity index (χ2v) is 7.25. The fourth-order valence-electron chi connectivity index (χ4n) is 2.09. The van der Waals surface area contributed by atoms with E-state index in [2.05, 4.69) is 10.2 Å². The van der Waals surface area contributed by atoms with E-state index in [9.17, 15) is 8.42 Å². The number of hydrogen-bond acceptors (Lipinski definition) is 3. The van der Waals surface area contributed by atoms with E-state index in [1.54, 1.807) is 14.0 Å². The summed E-state index contributed by atoms with van der Waals surface area (Å²) in [5.74, 6) is 0.0529. The van der Waals surface area contributed by atoms with Gasteiger partial charge in [0.1, 0.15) is 4.90 Å². The largest absolute Gasteiger partial charge is 0.281 e. The van der Waals surface area contributed by atoms with E-state index >= 15 is 0 Å². The number of halogens is 1. The first kappa shape index (κ1) is 16.0. The van der Waals surface area contributed by atoms with Crippen molar-refractivity contribution in [2.24, 2.45) is 0 Å². The smallest absolute Gasteiger partial charge is 0.246 e. The lowest BCUT2D eigenvalue weighted by molar-refractivity contribution is 0.466. The van der Waals surface area contributed by atoms with Crippen LogP contribution in [0.25, 0.3) is 0 Å². The molecule has 21 heavy (non-hydrogen) atoms. The molecule has 2 aromatic rings. The minimum Gasteiger partial charge on any atom is -0.281 e. The summed E-state index contributed by atoms with van der Waals surface area (Å²) in [4.78, 5) is 0.173. The zero-order valence-electron chi connectivity index (χ0n) is 12.2. The monoisotopic (exact) mass is 327 g/mol. The first-order valence-electron chi connectivity index (χ1n) is 6.48. The summed E-state index contributed by atoms with van der Waals surface area (Å²) in [5, 5.41) is 6.62. The topological polar surface area (TPSA) is 66.1 Å². The number of nitrogens with zero attached hydrogens (tertiary/aromatic N) is 2. The van der Waals surface area contributed by atoms with Gasteiger partial charge in [-0.05, 0) is 19.4 Å². The predicted octanol–water partition coefficient (Wildman–Crippen LogP) is 2.59. The molecular formula is C14H18ClN3O2S. The van der Waals surface area contributed by atoms with E-state index in [0.29, 0.717) is 17.9 Å². The molecular weight excluding hydrogens is 310 g/mol. The van der Waals surface area contributed by atoms with Crippen LogP contribution < -0.4 is 0 Å². The minimum absolute atomic E-state index is 0.0529. The van der Waals surface area contributed by atoms with Gasteiger partial charge in [0.15, 0.2) is 0 Å². The molecule has 0 radical (unpaired) electrons. The van der Waals surface area contributed by atoms with Crippen LogP contribution in [0.5, 0.6) is 0 Å². The minimum atomic E-state index is -3.62. The Bertz CT molecular complexity index is 723. The Hall–Kier alpha value is -1.37. The van der Waals surface area contributed by atoms with Crippen LogP contribution in [0.2, 0.25) is 0 Å². The first-order valence-corrected chi connectivity index (χ1v) is 8.45. The molecule has 0 bridgehead atoms. The van der Waals surface area contributed by atoms with Crippen LogP contribution in [0.3, 0.4) is 0 Å². The number of benzene rings is 1. The van der Waals surface area contributed by atoms with Crippen LogP contribution in [0.15, 0.2) is 29.2 Å². The van der Waals surface area contributed by atoms with Gasteiger partial charge in [-0.2, -0.15) is 9.40 Å². The van der Waals surface area contributed by atoms with Crippen molar-refractivity contribution in [1.82, 2.24) is 14.5 Å². The molecule has 1 heterocycles. The summed E-state index contributed by atoms with van der Waals surface area (Å²) in [6, 6.07) is 7.77. The Morgan fingerprint density at radius 2 is 1.86 bits per heavy atom. The van der Waals surface area contributed by atoms with Crippen molar-refractivity contribution in [2.75, 3.05) is 7.05 Å². The number of aromatic nitrogens is 2. The van der Waals surface area contributed by atoms with Crippen molar-refractivity contribution < 1.29 is 8.42 Å². The highest BCUT2D eigenvalue weighted by Gasteiger charge is 2.28.